The molecule has 39 heavy (non-hydrogen) atoms. The van der Waals surface area contributed by atoms with E-state index in [0.717, 1.165) is 18.8 Å². The van der Waals surface area contributed by atoms with E-state index < -0.39 is 11.9 Å². The second-order valence-corrected chi connectivity index (χ2v) is 10.9. The third kappa shape index (κ3) is 6.93. The highest BCUT2D eigenvalue weighted by molar-refractivity contribution is 7.17. The van der Waals surface area contributed by atoms with Gasteiger partial charge in [0.2, 0.25) is 0 Å². The molecule has 11 nitrogen and oxygen atoms in total. The molecule has 0 atom stereocenters. The van der Waals surface area contributed by atoms with Crippen LogP contribution in [0.3, 0.4) is 0 Å². The lowest BCUT2D eigenvalue weighted by Gasteiger charge is -2.27. The first-order valence-electron chi connectivity index (χ1n) is 12.5. The van der Waals surface area contributed by atoms with Gasteiger partial charge in [0.05, 0.1) is 29.0 Å². The number of piperidine rings is 1. The van der Waals surface area contributed by atoms with Gasteiger partial charge in [0.15, 0.2) is 5.13 Å². The molecule has 3 aromatic heterocycles. The maximum absolute atomic E-state index is 12.8. The van der Waals surface area contributed by atoms with E-state index >= 15 is 0 Å². The number of carbonyl (C=O) groups excluding carboxylic acids is 2. The second-order valence-electron chi connectivity index (χ2n) is 9.13. The number of thiazole rings is 1. The lowest BCUT2D eigenvalue weighted by Crippen LogP contribution is -2.34. The van der Waals surface area contributed by atoms with Gasteiger partial charge in [-0.25, -0.2) is 24.7 Å². The Kier molecular flexibility index (Phi) is 9.54. The average molecular weight is 594 g/mol. The van der Waals surface area contributed by atoms with Crippen molar-refractivity contribution in [1.29, 1.82) is 0 Å². The molecule has 208 valence electrons. The average Bonchev–Trinajstić information content (AvgIpc) is 3.47. The molecule has 0 bridgehead atoms. The minimum atomic E-state index is -0.451. The largest absolute Gasteiger partial charge is 0.462 e. The zero-order chi connectivity index (χ0) is 28.1. The number of esters is 1. The van der Waals surface area contributed by atoms with Crippen LogP contribution in [0.5, 0.6) is 0 Å². The third-order valence-electron chi connectivity index (χ3n) is 5.97. The first-order valence-corrected chi connectivity index (χ1v) is 14.0. The van der Waals surface area contributed by atoms with Gasteiger partial charge in [-0.2, -0.15) is 0 Å². The molecule has 4 rings (SSSR count). The topological polar surface area (TPSA) is 129 Å². The molecule has 0 unspecified atom stereocenters. The molecule has 0 spiro atoms. The highest BCUT2D eigenvalue weighted by atomic mass is 35.5. The monoisotopic (exact) mass is 592 g/mol. The third-order valence-corrected chi connectivity index (χ3v) is 8.02. The molecule has 0 aliphatic carbocycles. The van der Waals surface area contributed by atoms with Crippen molar-refractivity contribution in [2.24, 2.45) is 4.99 Å². The number of hydrogen-bond acceptors (Lipinski definition) is 10. The van der Waals surface area contributed by atoms with Crippen LogP contribution < -0.4 is 10.2 Å². The maximum Gasteiger partial charge on any atom is 0.350 e. The van der Waals surface area contributed by atoms with Crippen LogP contribution in [-0.4, -0.2) is 89.3 Å². The number of amides is 1. The SMILES string of the molecule is CCOC(=O)c1sc(N2CCC(=NC(=O)c3[nH]c(C)c(Cl)c3Cl)CC2)nc1-c1cnc(NCCN(C)C)cn1. The number of hydrogen-bond donors (Lipinski definition) is 2. The summed E-state index contributed by atoms with van der Waals surface area (Å²) in [5.41, 5.74) is 2.50. The van der Waals surface area contributed by atoms with Crippen LogP contribution in [0.25, 0.3) is 11.4 Å². The van der Waals surface area contributed by atoms with Crippen molar-refractivity contribution >= 4 is 63.1 Å². The number of ether oxygens (including phenoxy) is 1. The van der Waals surface area contributed by atoms with Crippen LogP contribution in [0.2, 0.25) is 10.0 Å². The number of anilines is 2. The fraction of sp³-hybridized carbons (Fsp3) is 0.440. The Morgan fingerprint density at radius 3 is 2.54 bits per heavy atom. The summed E-state index contributed by atoms with van der Waals surface area (Å²) in [6.07, 6.45) is 4.36. The first kappa shape index (κ1) is 28.9. The van der Waals surface area contributed by atoms with Gasteiger partial charge in [0.1, 0.15) is 27.8 Å². The molecule has 14 heteroatoms. The Labute approximate surface area is 240 Å². The predicted molar refractivity (Wildman–Crippen MR) is 155 cm³/mol. The van der Waals surface area contributed by atoms with E-state index in [0.29, 0.717) is 63.9 Å². The van der Waals surface area contributed by atoms with Gasteiger partial charge in [0, 0.05) is 50.4 Å². The van der Waals surface area contributed by atoms with Gasteiger partial charge >= 0.3 is 5.97 Å². The summed E-state index contributed by atoms with van der Waals surface area (Å²) in [7, 11) is 4.00. The van der Waals surface area contributed by atoms with Crippen molar-refractivity contribution in [2.45, 2.75) is 26.7 Å². The lowest BCUT2D eigenvalue weighted by molar-refractivity contribution is 0.0532. The zero-order valence-corrected chi connectivity index (χ0v) is 24.5. The van der Waals surface area contributed by atoms with Crippen LogP contribution in [0.15, 0.2) is 17.4 Å². The number of aromatic amines is 1. The number of rotatable bonds is 9. The van der Waals surface area contributed by atoms with Crippen LogP contribution in [-0.2, 0) is 4.74 Å². The molecule has 0 saturated carbocycles. The van der Waals surface area contributed by atoms with E-state index in [1.54, 1.807) is 26.2 Å². The maximum atomic E-state index is 12.8. The second kappa shape index (κ2) is 12.9. The van der Waals surface area contributed by atoms with Crippen LogP contribution in [0.4, 0.5) is 10.9 Å². The Morgan fingerprint density at radius 2 is 1.95 bits per heavy atom. The van der Waals surface area contributed by atoms with Crippen molar-refractivity contribution < 1.29 is 14.3 Å². The molecular weight excluding hydrogens is 563 g/mol. The molecule has 4 heterocycles. The van der Waals surface area contributed by atoms with Crippen LogP contribution in [0.1, 0.15) is 45.6 Å². The minimum absolute atomic E-state index is 0.184. The van der Waals surface area contributed by atoms with Gasteiger partial charge in [-0.05, 0) is 27.9 Å². The number of aliphatic imine (C=N–C) groups is 1. The molecule has 0 aromatic carbocycles. The summed E-state index contributed by atoms with van der Waals surface area (Å²) in [5.74, 6) is -0.255. The molecule has 1 saturated heterocycles. The van der Waals surface area contributed by atoms with Gasteiger partial charge < -0.3 is 24.8 Å². The Morgan fingerprint density at radius 1 is 1.21 bits per heavy atom. The Bertz CT molecular complexity index is 1360. The number of aryl methyl sites for hydroxylation is 1. The van der Waals surface area contributed by atoms with Crippen molar-refractivity contribution in [2.75, 3.05) is 57.1 Å². The van der Waals surface area contributed by atoms with E-state index in [-0.39, 0.29) is 17.3 Å². The number of nitrogens with one attached hydrogen (secondary N) is 2. The van der Waals surface area contributed by atoms with Gasteiger partial charge in [-0.15, -0.1) is 0 Å². The minimum Gasteiger partial charge on any atom is -0.462 e. The van der Waals surface area contributed by atoms with Crippen molar-refractivity contribution in [3.8, 4) is 11.4 Å². The molecule has 2 N–H and O–H groups in total. The number of H-pyrrole nitrogens is 1. The molecule has 1 amide bonds. The molecular formula is C25H30Cl2N8O3S. The van der Waals surface area contributed by atoms with Gasteiger partial charge in [-0.3, -0.25) is 4.79 Å². The van der Waals surface area contributed by atoms with Gasteiger partial charge in [0.25, 0.3) is 5.91 Å². The normalized spacial score (nSPS) is 13.6. The van der Waals surface area contributed by atoms with E-state index in [9.17, 15) is 9.59 Å². The summed E-state index contributed by atoms with van der Waals surface area (Å²) in [5, 5.41) is 4.40. The zero-order valence-electron chi connectivity index (χ0n) is 22.2. The standard InChI is InChI=1S/C25H30Cl2N8O3S/c1-5-38-24(37)22-20(16-12-30-17(13-29-16)28-8-11-34(3)4)33-25(39-22)35-9-6-15(7-10-35)32-23(36)21-19(27)18(26)14(2)31-21/h12-13,31H,5-11H2,1-4H3,(H,28,30). The number of halogens is 2. The summed E-state index contributed by atoms with van der Waals surface area (Å²) < 4.78 is 5.28. The van der Waals surface area contributed by atoms with Crippen LogP contribution >= 0.6 is 34.5 Å². The number of aromatic nitrogens is 4. The quantitative estimate of drug-likeness (QED) is 0.343. The Balaban J connectivity index is 1.48. The molecule has 1 aliphatic rings. The lowest BCUT2D eigenvalue weighted by atomic mass is 10.1. The van der Waals surface area contributed by atoms with Crippen LogP contribution in [0, 0.1) is 6.92 Å². The Hall–Kier alpha value is -3.06. The summed E-state index contributed by atoms with van der Waals surface area (Å²) in [6, 6.07) is 0. The van der Waals surface area contributed by atoms with Crippen molar-refractivity contribution in [3.05, 3.63) is 38.7 Å². The smallest absolute Gasteiger partial charge is 0.350 e. The summed E-state index contributed by atoms with van der Waals surface area (Å²) in [4.78, 5) is 50.8. The first-order chi connectivity index (χ1) is 18.7. The fourth-order valence-electron chi connectivity index (χ4n) is 3.89. The molecule has 1 fully saturated rings. The van der Waals surface area contributed by atoms with Crippen molar-refractivity contribution in [1.82, 2.24) is 24.8 Å². The molecule has 0 radical (unpaired) electrons. The van der Waals surface area contributed by atoms with E-state index in [2.05, 4.69) is 35.1 Å². The highest BCUT2D eigenvalue weighted by Crippen LogP contribution is 2.34. The van der Waals surface area contributed by atoms with E-state index in [1.807, 2.05) is 14.1 Å². The predicted octanol–water partition coefficient (Wildman–Crippen LogP) is 4.58. The molecule has 3 aromatic rings. The summed E-state index contributed by atoms with van der Waals surface area (Å²) in [6.45, 7) is 6.50. The molecule has 1 aliphatic heterocycles. The van der Waals surface area contributed by atoms with Crippen molar-refractivity contribution in [3.63, 3.8) is 0 Å². The van der Waals surface area contributed by atoms with Gasteiger partial charge in [-0.1, -0.05) is 34.5 Å². The highest BCUT2D eigenvalue weighted by Gasteiger charge is 2.27. The van der Waals surface area contributed by atoms with E-state index in [4.69, 9.17) is 32.9 Å². The number of nitrogens with zero attached hydrogens (tertiary/aromatic N) is 6. The summed E-state index contributed by atoms with van der Waals surface area (Å²) >= 11 is 13.5. The number of carbonyl (C=O) groups is 2. The number of likely N-dealkylation sites (N-methyl/N-ethyl adjacent to an activating group) is 1. The van der Waals surface area contributed by atoms with E-state index in [1.165, 1.54) is 11.3 Å². The fourth-order valence-corrected chi connectivity index (χ4v) is 5.32.